The Labute approximate surface area is 167 Å². The van der Waals surface area contributed by atoms with Crippen LogP contribution in [0.15, 0.2) is 55.1 Å². The van der Waals surface area contributed by atoms with Crippen molar-refractivity contribution in [3.63, 3.8) is 0 Å². The molecule has 26 heavy (non-hydrogen) atoms. The Morgan fingerprint density at radius 3 is 2.38 bits per heavy atom. The number of nitrogens with one attached hydrogen (secondary N) is 3. The lowest BCUT2D eigenvalue weighted by molar-refractivity contribution is 1.02. The van der Waals surface area contributed by atoms with Gasteiger partial charge in [-0.1, -0.05) is 37.8 Å². The normalized spacial score (nSPS) is 10.7. The molecule has 4 nitrogen and oxygen atoms in total. The molecule has 0 saturated heterocycles. The summed E-state index contributed by atoms with van der Waals surface area (Å²) in [6, 6.07) is 16.4. The van der Waals surface area contributed by atoms with Gasteiger partial charge in [0.05, 0.1) is 5.69 Å². The highest BCUT2D eigenvalue weighted by Gasteiger charge is 2.06. The van der Waals surface area contributed by atoms with Crippen molar-refractivity contribution in [1.82, 2.24) is 14.8 Å². The van der Waals surface area contributed by atoms with Crippen molar-refractivity contribution in [2.45, 2.75) is 13.5 Å². The third kappa shape index (κ3) is 4.17. The summed E-state index contributed by atoms with van der Waals surface area (Å²) in [7, 11) is 0. The Kier molecular flexibility index (Phi) is 6.13. The van der Waals surface area contributed by atoms with Crippen LogP contribution < -0.4 is 5.32 Å². The van der Waals surface area contributed by atoms with E-state index in [1.165, 1.54) is 11.1 Å². The van der Waals surface area contributed by atoms with E-state index in [-0.39, 0.29) is 0 Å². The van der Waals surface area contributed by atoms with E-state index in [1.807, 2.05) is 24.3 Å². The van der Waals surface area contributed by atoms with Gasteiger partial charge in [-0.2, -0.15) is 0 Å². The lowest BCUT2D eigenvalue weighted by Gasteiger charge is -2.13. The number of benzene rings is 2. The first kappa shape index (κ1) is 18.7. The molecule has 0 spiro atoms. The fourth-order valence-corrected chi connectivity index (χ4v) is 3.93. The summed E-state index contributed by atoms with van der Waals surface area (Å²) in [5.74, 6) is 1.02. The second-order valence-corrected chi connectivity index (χ2v) is 7.74. The van der Waals surface area contributed by atoms with Gasteiger partial charge in [0.1, 0.15) is 0 Å². The quantitative estimate of drug-likeness (QED) is 0.430. The van der Waals surface area contributed by atoms with E-state index >= 15 is 0 Å². The van der Waals surface area contributed by atoms with E-state index < -0.39 is 0 Å². The number of hydrogen-bond donors (Lipinski definition) is 3. The minimum absolute atomic E-state index is 0.552. The molecule has 1 aromatic heterocycles. The molecule has 3 N–H and O–H groups in total. The molecule has 0 aliphatic carbocycles. The van der Waals surface area contributed by atoms with Crippen LogP contribution in [0.4, 0.5) is 5.69 Å². The maximum Gasteiger partial charge on any atom is 0.198 e. The molecule has 2 aromatic carbocycles. The molecule has 0 fully saturated rings. The second-order valence-electron chi connectivity index (χ2n) is 5.61. The zero-order chi connectivity index (χ0) is 18.5. The number of rotatable bonds is 7. The van der Waals surface area contributed by atoms with Crippen LogP contribution in [0.5, 0.6) is 0 Å². The van der Waals surface area contributed by atoms with Gasteiger partial charge in [0.2, 0.25) is 0 Å². The van der Waals surface area contributed by atoms with E-state index in [4.69, 9.17) is 24.4 Å². The standard InChI is InChI=1S/C19H20N4S3/c1-3-26-13(2)17-7-5-4-6-14(17)12-20-15-8-10-16(11-9-15)23-18(24)21-22-19(23)25/h4-11,20H,2-3,12H2,1H3,(H,21,24)(H,22,25). The summed E-state index contributed by atoms with van der Waals surface area (Å²) in [5.41, 5.74) is 4.40. The van der Waals surface area contributed by atoms with Crippen molar-refractivity contribution < 1.29 is 0 Å². The van der Waals surface area contributed by atoms with Crippen molar-refractivity contribution in [1.29, 1.82) is 0 Å². The van der Waals surface area contributed by atoms with Crippen LogP contribution in [0.1, 0.15) is 18.1 Å². The second kappa shape index (κ2) is 8.53. The Bertz CT molecular complexity index is 985. The minimum atomic E-state index is 0.552. The fraction of sp³-hybridized carbons (Fsp3) is 0.158. The first-order valence-electron chi connectivity index (χ1n) is 8.24. The highest BCUT2D eigenvalue weighted by Crippen LogP contribution is 2.28. The zero-order valence-electron chi connectivity index (χ0n) is 14.4. The van der Waals surface area contributed by atoms with E-state index in [0.717, 1.165) is 28.6 Å². The predicted molar refractivity (Wildman–Crippen MR) is 117 cm³/mol. The molecule has 0 aliphatic rings. The molecule has 0 aliphatic heterocycles. The molecule has 134 valence electrons. The van der Waals surface area contributed by atoms with Gasteiger partial charge in [-0.3, -0.25) is 14.8 Å². The molecular formula is C19H20N4S3. The van der Waals surface area contributed by atoms with Crippen LogP contribution in [0, 0.1) is 9.54 Å². The molecule has 0 bridgehead atoms. The van der Waals surface area contributed by atoms with E-state index in [0.29, 0.717) is 9.54 Å². The smallest absolute Gasteiger partial charge is 0.198 e. The van der Waals surface area contributed by atoms with Crippen LogP contribution in [-0.4, -0.2) is 20.5 Å². The maximum atomic E-state index is 5.25. The van der Waals surface area contributed by atoms with Crippen LogP contribution in [0.2, 0.25) is 0 Å². The molecular weight excluding hydrogens is 380 g/mol. The third-order valence-electron chi connectivity index (χ3n) is 3.93. The SMILES string of the molecule is C=C(SCC)c1ccccc1CNc1ccc(-n2c(=S)[nH][nH]c2=S)cc1. The van der Waals surface area contributed by atoms with Gasteiger partial charge in [0.25, 0.3) is 0 Å². The van der Waals surface area contributed by atoms with Gasteiger partial charge >= 0.3 is 0 Å². The molecule has 0 atom stereocenters. The third-order valence-corrected chi connectivity index (χ3v) is 5.35. The van der Waals surface area contributed by atoms with Gasteiger partial charge in [-0.25, -0.2) is 0 Å². The van der Waals surface area contributed by atoms with Crippen molar-refractivity contribution in [2.75, 3.05) is 11.1 Å². The number of anilines is 1. The lowest BCUT2D eigenvalue weighted by Crippen LogP contribution is -2.02. The van der Waals surface area contributed by atoms with E-state index in [2.05, 4.69) is 53.3 Å². The molecule has 3 aromatic rings. The molecule has 7 heteroatoms. The Hall–Kier alpha value is -2.09. The van der Waals surface area contributed by atoms with Crippen molar-refractivity contribution in [3.8, 4) is 5.69 Å². The predicted octanol–water partition coefficient (Wildman–Crippen LogP) is 5.93. The zero-order valence-corrected chi connectivity index (χ0v) is 16.9. The number of hydrogen-bond acceptors (Lipinski definition) is 4. The number of H-pyrrole nitrogens is 2. The summed E-state index contributed by atoms with van der Waals surface area (Å²) in [6.07, 6.45) is 0. The van der Waals surface area contributed by atoms with Crippen molar-refractivity contribution in [2.24, 2.45) is 0 Å². The number of thioether (sulfide) groups is 1. The van der Waals surface area contributed by atoms with E-state index in [1.54, 1.807) is 16.3 Å². The molecule has 0 saturated carbocycles. The summed E-state index contributed by atoms with van der Waals surface area (Å²) < 4.78 is 2.89. The lowest BCUT2D eigenvalue weighted by atomic mass is 10.1. The highest BCUT2D eigenvalue weighted by atomic mass is 32.2. The van der Waals surface area contributed by atoms with Gasteiger partial charge in [-0.15, -0.1) is 11.8 Å². The molecule has 0 unspecified atom stereocenters. The van der Waals surface area contributed by atoms with Gasteiger partial charge < -0.3 is 5.32 Å². The summed E-state index contributed by atoms with van der Waals surface area (Å²) >= 11 is 12.3. The summed E-state index contributed by atoms with van der Waals surface area (Å²) in [4.78, 5) is 1.11. The van der Waals surface area contributed by atoms with Gasteiger partial charge in [-0.05, 0) is 65.6 Å². The molecule has 0 amide bonds. The number of aromatic nitrogens is 3. The Morgan fingerprint density at radius 2 is 1.73 bits per heavy atom. The van der Waals surface area contributed by atoms with Crippen molar-refractivity contribution in [3.05, 3.63) is 75.8 Å². The van der Waals surface area contributed by atoms with Crippen molar-refractivity contribution >= 4 is 46.8 Å². The monoisotopic (exact) mass is 400 g/mol. The van der Waals surface area contributed by atoms with Crippen LogP contribution in [0.25, 0.3) is 10.6 Å². The average Bonchev–Trinajstić information content (AvgIpc) is 2.99. The Balaban J connectivity index is 1.74. The van der Waals surface area contributed by atoms with Crippen LogP contribution in [0.3, 0.4) is 0 Å². The maximum absolute atomic E-state index is 5.25. The molecule has 1 heterocycles. The first-order chi connectivity index (χ1) is 12.6. The van der Waals surface area contributed by atoms with E-state index in [9.17, 15) is 0 Å². The Morgan fingerprint density at radius 1 is 1.08 bits per heavy atom. The number of aromatic amines is 2. The van der Waals surface area contributed by atoms with Gasteiger partial charge in [0, 0.05) is 17.1 Å². The molecule has 0 radical (unpaired) electrons. The number of nitrogens with zero attached hydrogens (tertiary/aromatic N) is 1. The van der Waals surface area contributed by atoms with Crippen LogP contribution >= 0.6 is 36.2 Å². The average molecular weight is 401 g/mol. The summed E-state index contributed by atoms with van der Waals surface area (Å²) in [5, 5.41) is 9.17. The van der Waals surface area contributed by atoms with Gasteiger partial charge in [0.15, 0.2) is 9.54 Å². The highest BCUT2D eigenvalue weighted by molar-refractivity contribution is 8.08. The summed E-state index contributed by atoms with van der Waals surface area (Å²) in [6.45, 7) is 7.07. The largest absolute Gasteiger partial charge is 0.381 e. The molecule has 3 rings (SSSR count). The first-order valence-corrected chi connectivity index (χ1v) is 10.0. The fourth-order valence-electron chi connectivity index (χ4n) is 2.67. The minimum Gasteiger partial charge on any atom is -0.381 e. The topological polar surface area (TPSA) is 48.5 Å². The van der Waals surface area contributed by atoms with Crippen LogP contribution in [-0.2, 0) is 6.54 Å².